The van der Waals surface area contributed by atoms with Crippen LogP contribution < -0.4 is 4.72 Å². The van der Waals surface area contributed by atoms with Crippen LogP contribution in [0.15, 0.2) is 18.5 Å². The Labute approximate surface area is 105 Å². The Morgan fingerprint density at radius 2 is 2.12 bits per heavy atom. The second-order valence-corrected chi connectivity index (χ2v) is 5.80. The van der Waals surface area contributed by atoms with Crippen molar-refractivity contribution in [3.8, 4) is 0 Å². The van der Waals surface area contributed by atoms with Crippen LogP contribution in [-0.2, 0) is 10.0 Å². The van der Waals surface area contributed by atoms with E-state index in [-0.39, 0.29) is 5.75 Å². The highest BCUT2D eigenvalue weighted by Crippen LogP contribution is 2.20. The van der Waals surface area contributed by atoms with Gasteiger partial charge in [-0.3, -0.25) is 9.71 Å². The van der Waals surface area contributed by atoms with Crippen LogP contribution in [0, 0.1) is 0 Å². The molecule has 0 aliphatic carbocycles. The van der Waals surface area contributed by atoms with Gasteiger partial charge in [0.25, 0.3) is 0 Å². The predicted octanol–water partition coefficient (Wildman–Crippen LogP) is 2.50. The Hall–Kier alpha value is -0.520. The molecule has 0 atom stereocenters. The van der Waals surface area contributed by atoms with E-state index < -0.39 is 10.0 Å². The fraction of sp³-hybridized carbons (Fsp3) is 0.444. The van der Waals surface area contributed by atoms with E-state index in [1.54, 1.807) is 0 Å². The Kier molecular flexibility index (Phi) is 5.31. The van der Waals surface area contributed by atoms with Crippen molar-refractivity contribution in [3.63, 3.8) is 0 Å². The van der Waals surface area contributed by atoms with Gasteiger partial charge in [-0.2, -0.15) is 0 Å². The maximum atomic E-state index is 11.6. The zero-order valence-electron chi connectivity index (χ0n) is 8.49. The number of anilines is 1. The molecule has 90 valence electrons. The summed E-state index contributed by atoms with van der Waals surface area (Å²) in [5, 5.41) is 0.330. The summed E-state index contributed by atoms with van der Waals surface area (Å²) in [6.07, 6.45) is 4.06. The van der Waals surface area contributed by atoms with Crippen LogP contribution in [0.2, 0.25) is 5.02 Å². The quantitative estimate of drug-likeness (QED) is 0.644. The molecule has 0 aromatic carbocycles. The van der Waals surface area contributed by atoms with E-state index in [4.69, 9.17) is 23.2 Å². The van der Waals surface area contributed by atoms with E-state index >= 15 is 0 Å². The van der Waals surface area contributed by atoms with Gasteiger partial charge in [0.1, 0.15) is 0 Å². The topological polar surface area (TPSA) is 59.1 Å². The average molecular weight is 283 g/mol. The number of nitrogens with zero attached hydrogens (tertiary/aromatic N) is 1. The van der Waals surface area contributed by atoms with Crippen LogP contribution in [0.4, 0.5) is 5.69 Å². The lowest BCUT2D eigenvalue weighted by Gasteiger charge is -2.08. The van der Waals surface area contributed by atoms with E-state index in [2.05, 4.69) is 9.71 Å². The SMILES string of the molecule is O=S(=O)(CCCCCl)Nc1cnccc1Cl. The fourth-order valence-electron chi connectivity index (χ4n) is 1.06. The molecule has 7 heteroatoms. The summed E-state index contributed by atoms with van der Waals surface area (Å²) < 4.78 is 25.6. The molecule has 0 saturated carbocycles. The zero-order valence-corrected chi connectivity index (χ0v) is 10.8. The number of halogens is 2. The first kappa shape index (κ1) is 13.5. The number of unbranched alkanes of at least 4 members (excludes halogenated alkanes) is 1. The number of hydrogen-bond acceptors (Lipinski definition) is 3. The largest absolute Gasteiger partial charge is 0.280 e. The van der Waals surface area contributed by atoms with Gasteiger partial charge in [0.15, 0.2) is 0 Å². The van der Waals surface area contributed by atoms with E-state index in [0.29, 0.717) is 29.4 Å². The molecule has 0 saturated heterocycles. The van der Waals surface area contributed by atoms with E-state index in [1.807, 2.05) is 0 Å². The number of aromatic nitrogens is 1. The van der Waals surface area contributed by atoms with Gasteiger partial charge < -0.3 is 0 Å². The minimum Gasteiger partial charge on any atom is -0.280 e. The molecule has 1 N–H and O–H groups in total. The molecule has 0 aliphatic rings. The lowest BCUT2D eigenvalue weighted by atomic mass is 10.4. The molecule has 0 radical (unpaired) electrons. The highest BCUT2D eigenvalue weighted by atomic mass is 35.5. The van der Waals surface area contributed by atoms with Crippen molar-refractivity contribution in [2.45, 2.75) is 12.8 Å². The molecular formula is C9H12Cl2N2O2S. The van der Waals surface area contributed by atoms with Crippen LogP contribution in [0.25, 0.3) is 0 Å². The summed E-state index contributed by atoms with van der Waals surface area (Å²) in [4.78, 5) is 3.79. The highest BCUT2D eigenvalue weighted by Gasteiger charge is 2.11. The van der Waals surface area contributed by atoms with Crippen LogP contribution in [0.1, 0.15) is 12.8 Å². The second-order valence-electron chi connectivity index (χ2n) is 3.17. The molecule has 1 aromatic rings. The average Bonchev–Trinajstić information content (AvgIpc) is 2.21. The Balaban J connectivity index is 2.63. The first-order chi connectivity index (χ1) is 7.55. The van der Waals surface area contributed by atoms with Gasteiger partial charge in [-0.15, -0.1) is 11.6 Å². The molecule has 1 aromatic heterocycles. The smallest absolute Gasteiger partial charge is 0.232 e. The van der Waals surface area contributed by atoms with E-state index in [0.717, 1.165) is 0 Å². The van der Waals surface area contributed by atoms with Gasteiger partial charge in [-0.25, -0.2) is 8.42 Å². The summed E-state index contributed by atoms with van der Waals surface area (Å²) in [5.74, 6) is 0.494. The van der Waals surface area contributed by atoms with E-state index in [9.17, 15) is 8.42 Å². The van der Waals surface area contributed by atoms with Crippen LogP contribution in [0.3, 0.4) is 0 Å². The molecule has 16 heavy (non-hydrogen) atoms. The maximum Gasteiger partial charge on any atom is 0.232 e. The molecule has 0 unspecified atom stereocenters. The lowest BCUT2D eigenvalue weighted by Crippen LogP contribution is -2.17. The minimum atomic E-state index is -3.36. The number of rotatable bonds is 6. The Morgan fingerprint density at radius 1 is 1.38 bits per heavy atom. The van der Waals surface area contributed by atoms with Crippen LogP contribution in [-0.4, -0.2) is 25.0 Å². The van der Waals surface area contributed by atoms with Crippen molar-refractivity contribution >= 4 is 38.9 Å². The van der Waals surface area contributed by atoms with Gasteiger partial charge in [-0.05, 0) is 18.9 Å². The van der Waals surface area contributed by atoms with Crippen LogP contribution >= 0.6 is 23.2 Å². The lowest BCUT2D eigenvalue weighted by molar-refractivity contribution is 0.598. The number of nitrogens with one attached hydrogen (secondary N) is 1. The summed E-state index contributed by atoms with van der Waals surface area (Å²) in [6, 6.07) is 1.53. The van der Waals surface area contributed by atoms with Crippen molar-refractivity contribution in [3.05, 3.63) is 23.5 Å². The monoisotopic (exact) mass is 282 g/mol. The Morgan fingerprint density at radius 3 is 2.75 bits per heavy atom. The molecule has 0 spiro atoms. The molecule has 0 fully saturated rings. The number of pyridine rings is 1. The number of sulfonamides is 1. The third-order valence-electron chi connectivity index (χ3n) is 1.83. The van der Waals surface area contributed by atoms with Gasteiger partial charge in [0.2, 0.25) is 10.0 Å². The molecule has 4 nitrogen and oxygen atoms in total. The summed E-state index contributed by atoms with van der Waals surface area (Å²) in [7, 11) is -3.36. The second kappa shape index (κ2) is 6.27. The first-order valence-corrected chi connectivity index (χ1v) is 7.27. The van der Waals surface area contributed by atoms with Crippen molar-refractivity contribution < 1.29 is 8.42 Å². The summed E-state index contributed by atoms with van der Waals surface area (Å²) in [6.45, 7) is 0. The van der Waals surface area contributed by atoms with Gasteiger partial charge in [0.05, 0.1) is 22.7 Å². The molecule has 0 amide bonds. The third-order valence-corrected chi connectivity index (χ3v) is 3.78. The van der Waals surface area contributed by atoms with E-state index in [1.165, 1.54) is 18.5 Å². The fourth-order valence-corrected chi connectivity index (χ4v) is 2.64. The zero-order chi connectivity index (χ0) is 12.0. The first-order valence-electron chi connectivity index (χ1n) is 4.71. The predicted molar refractivity (Wildman–Crippen MR) is 66.6 cm³/mol. The van der Waals surface area contributed by atoms with Gasteiger partial charge in [0, 0.05) is 12.1 Å². The number of alkyl halides is 1. The van der Waals surface area contributed by atoms with Gasteiger partial charge >= 0.3 is 0 Å². The van der Waals surface area contributed by atoms with Gasteiger partial charge in [-0.1, -0.05) is 11.6 Å². The van der Waals surface area contributed by atoms with Crippen molar-refractivity contribution in [1.82, 2.24) is 4.98 Å². The summed E-state index contributed by atoms with van der Waals surface area (Å²) in [5.41, 5.74) is 0.301. The van der Waals surface area contributed by atoms with Crippen molar-refractivity contribution in [2.24, 2.45) is 0 Å². The molecule has 0 bridgehead atoms. The summed E-state index contributed by atoms with van der Waals surface area (Å²) >= 11 is 11.3. The standard InChI is InChI=1S/C9H12Cl2N2O2S/c10-4-1-2-6-16(14,15)13-9-7-12-5-3-8(9)11/h3,5,7,13H,1-2,4,6H2. The molecule has 1 rings (SSSR count). The molecular weight excluding hydrogens is 271 g/mol. The van der Waals surface area contributed by atoms with Crippen molar-refractivity contribution in [2.75, 3.05) is 16.4 Å². The minimum absolute atomic E-state index is 0.0327. The van der Waals surface area contributed by atoms with Crippen LogP contribution in [0.5, 0.6) is 0 Å². The highest BCUT2D eigenvalue weighted by molar-refractivity contribution is 7.92. The van der Waals surface area contributed by atoms with Crippen molar-refractivity contribution in [1.29, 1.82) is 0 Å². The molecule has 1 heterocycles. The normalized spacial score (nSPS) is 11.4. The number of hydrogen-bond donors (Lipinski definition) is 1. The maximum absolute atomic E-state index is 11.6. The third kappa shape index (κ3) is 4.55. The Bertz CT molecular complexity index is 437. The molecule has 0 aliphatic heterocycles.